The van der Waals surface area contributed by atoms with E-state index in [9.17, 15) is 24.1 Å². The van der Waals surface area contributed by atoms with Crippen LogP contribution in [0, 0.1) is 0 Å². The molecule has 0 radical (unpaired) electrons. The van der Waals surface area contributed by atoms with Gasteiger partial charge in [0.15, 0.2) is 0 Å². The van der Waals surface area contributed by atoms with Crippen LogP contribution in [0.25, 0.3) is 0 Å². The van der Waals surface area contributed by atoms with Crippen LogP contribution in [0.2, 0.25) is 0 Å². The van der Waals surface area contributed by atoms with Crippen LogP contribution in [-0.2, 0) is 4.57 Å². The van der Waals surface area contributed by atoms with Crippen molar-refractivity contribution in [2.75, 3.05) is 6.16 Å². The summed E-state index contributed by atoms with van der Waals surface area (Å²) in [4.78, 5) is 41.6. The third-order valence-corrected chi connectivity index (χ3v) is 10.2. The molecule has 0 spiro atoms. The Hall–Kier alpha value is -0.280. The van der Waals surface area contributed by atoms with Crippen molar-refractivity contribution in [1.82, 2.24) is 0 Å². The summed E-state index contributed by atoms with van der Waals surface area (Å²) >= 11 is 0. The lowest BCUT2D eigenvalue weighted by atomic mass is 10.1. The largest absolute Gasteiger partial charge is 0.687 e. The maximum atomic E-state index is 12.3. The van der Waals surface area contributed by atoms with Gasteiger partial charge in [-0.1, -0.05) is 34.9 Å². The fraction of sp³-hybridized carbons (Fsp3) is 0.684. The predicted octanol–water partition coefficient (Wildman–Crippen LogP) is 3.65. The highest BCUT2D eigenvalue weighted by Gasteiger charge is 2.45. The minimum atomic E-state index is -5.14. The quantitative estimate of drug-likeness (QED) is 0.418. The number of rotatable bonds is 11. The molecule has 152 valence electrons. The topological polar surface area (TPSA) is 106 Å². The third kappa shape index (κ3) is 9.08. The van der Waals surface area contributed by atoms with Gasteiger partial charge in [0.2, 0.25) is 7.37 Å². The normalized spacial score (nSPS) is 16.4. The molecular weight excluding hydrogens is 370 g/mol. The van der Waals surface area contributed by atoms with Gasteiger partial charge in [0.05, 0.1) is 0 Å². The van der Waals surface area contributed by atoms with E-state index in [1.165, 1.54) is 11.1 Å². The first-order valence-electron chi connectivity index (χ1n) is 8.99. The highest BCUT2D eigenvalue weighted by Crippen LogP contribution is 2.68. The van der Waals surface area contributed by atoms with Crippen LogP contribution in [0.3, 0.4) is 0 Å². The average molecular weight is 404 g/mol. The van der Waals surface area contributed by atoms with Crippen LogP contribution in [0.5, 0.6) is 0 Å². The van der Waals surface area contributed by atoms with E-state index < -0.39 is 20.2 Å². The lowest BCUT2D eigenvalue weighted by molar-refractivity contribution is -0.431. The van der Waals surface area contributed by atoms with Crippen LogP contribution < -0.4 is 14.7 Å². The van der Waals surface area contributed by atoms with E-state index in [-0.39, 0.29) is 12.6 Å². The van der Waals surface area contributed by atoms with Crippen molar-refractivity contribution in [2.45, 2.75) is 78.5 Å². The van der Waals surface area contributed by atoms with Gasteiger partial charge < -0.3 is 19.6 Å². The first-order valence-corrected chi connectivity index (χ1v) is 12.4. The van der Waals surface area contributed by atoms with E-state index in [2.05, 4.69) is 32.9 Å². The van der Waals surface area contributed by atoms with Gasteiger partial charge in [-0.15, -0.1) is 7.94 Å². The fourth-order valence-electron chi connectivity index (χ4n) is 2.29. The molecule has 0 saturated carbocycles. The molecule has 1 N–H and O–H groups in total. The summed E-state index contributed by atoms with van der Waals surface area (Å²) in [5, 5.41) is 0. The molecule has 0 aromatic rings. The Morgan fingerprint density at radius 2 is 1.35 bits per heavy atom. The van der Waals surface area contributed by atoms with Crippen molar-refractivity contribution >= 4 is 15.3 Å². The van der Waals surface area contributed by atoms with Crippen molar-refractivity contribution in [1.29, 1.82) is 0 Å². The molecule has 0 fully saturated rings. The summed E-state index contributed by atoms with van der Waals surface area (Å²) in [6, 6.07) is 0. The summed E-state index contributed by atoms with van der Waals surface area (Å²) in [6.45, 7) is 10.3. The Bertz CT molecular complexity index is 579. The van der Waals surface area contributed by atoms with Gasteiger partial charge in [-0.2, -0.15) is 0 Å². The van der Waals surface area contributed by atoms with Crippen LogP contribution >= 0.6 is 15.3 Å². The van der Waals surface area contributed by atoms with E-state index in [1.807, 2.05) is 13.0 Å². The van der Waals surface area contributed by atoms with Crippen molar-refractivity contribution < 1.29 is 24.1 Å². The Labute approximate surface area is 159 Å². The maximum Gasteiger partial charge on any atom is 0.241 e. The molecule has 0 heterocycles. The molecule has 0 aromatic carbocycles. The van der Waals surface area contributed by atoms with Gasteiger partial charge in [0.1, 0.15) is 4.90 Å². The molecule has 0 amide bonds. The third-order valence-electron chi connectivity index (χ3n) is 4.57. The van der Waals surface area contributed by atoms with Gasteiger partial charge in [-0.3, -0.25) is 4.57 Å². The molecule has 0 aliphatic rings. The van der Waals surface area contributed by atoms with Crippen LogP contribution in [0.15, 0.2) is 34.9 Å². The summed E-state index contributed by atoms with van der Waals surface area (Å²) in [7, 11) is -9.23. The Kier molecular flexibility index (Phi) is 10.8. The molecule has 1 atom stereocenters. The van der Waals surface area contributed by atoms with Crippen molar-refractivity contribution in [3.05, 3.63) is 34.9 Å². The first-order chi connectivity index (χ1) is 11.7. The SMILES string of the molecule is CC(C)=CCC/C(C)=C/CC/C(C)=C/CCP(=O)(O)C(C)(C)[P+]([O-])([O-])[O-]. The zero-order chi connectivity index (χ0) is 20.6. The second kappa shape index (κ2) is 10.9. The molecule has 5 nitrogen and oxygen atoms in total. The van der Waals surface area contributed by atoms with Crippen LogP contribution in [0.1, 0.15) is 73.6 Å². The van der Waals surface area contributed by atoms with Crippen molar-refractivity contribution in [3.8, 4) is 0 Å². The molecule has 0 bridgehead atoms. The lowest BCUT2D eigenvalue weighted by Crippen LogP contribution is -2.47. The number of hydrogen-bond acceptors (Lipinski definition) is 4. The summed E-state index contributed by atoms with van der Waals surface area (Å²) in [5.74, 6) is 0. The summed E-state index contributed by atoms with van der Waals surface area (Å²) in [6.07, 6.45) is 10.2. The minimum Gasteiger partial charge on any atom is -0.687 e. The zero-order valence-electron chi connectivity index (χ0n) is 16.9. The van der Waals surface area contributed by atoms with E-state index in [0.29, 0.717) is 0 Å². The second-order valence-electron chi connectivity index (χ2n) is 7.67. The first kappa shape index (κ1) is 25.7. The number of hydrogen-bond donors (Lipinski definition) is 1. The van der Waals surface area contributed by atoms with Gasteiger partial charge in [0.25, 0.3) is 0 Å². The minimum absolute atomic E-state index is 0.205. The smallest absolute Gasteiger partial charge is 0.241 e. The standard InChI is InChI=1S/C19H36O5P2/c1-16(2)10-7-11-17(3)12-8-13-18(4)14-9-15-25(20,21)19(5,6)26(22,23)24/h10,12,14H,7-9,11,13,15H2,1-6H3,(H,20,21)(H2,22,23,24)/p-2/b17-12+,18-14+. The highest BCUT2D eigenvalue weighted by atomic mass is 31.3. The van der Waals surface area contributed by atoms with Gasteiger partial charge in [-0.05, 0) is 73.6 Å². The molecule has 1 unspecified atom stereocenters. The molecule has 0 aliphatic heterocycles. The predicted molar refractivity (Wildman–Crippen MR) is 106 cm³/mol. The molecule has 0 rings (SSSR count). The van der Waals surface area contributed by atoms with Crippen LogP contribution in [-0.4, -0.2) is 16.0 Å². The number of allylic oxidation sites excluding steroid dienone is 6. The van der Waals surface area contributed by atoms with E-state index >= 15 is 0 Å². The monoisotopic (exact) mass is 404 g/mol. The van der Waals surface area contributed by atoms with E-state index in [0.717, 1.165) is 45.1 Å². The molecular formula is C19H34O5P2-2. The second-order valence-corrected chi connectivity index (χ2v) is 13.1. The van der Waals surface area contributed by atoms with Crippen molar-refractivity contribution in [3.63, 3.8) is 0 Å². The Morgan fingerprint density at radius 3 is 1.77 bits per heavy atom. The Morgan fingerprint density at radius 1 is 0.923 bits per heavy atom. The van der Waals surface area contributed by atoms with Crippen molar-refractivity contribution in [2.24, 2.45) is 0 Å². The molecule has 0 aliphatic carbocycles. The van der Waals surface area contributed by atoms with E-state index in [1.54, 1.807) is 0 Å². The molecule has 0 saturated heterocycles. The van der Waals surface area contributed by atoms with Gasteiger partial charge in [-0.25, -0.2) is 0 Å². The lowest BCUT2D eigenvalue weighted by Gasteiger charge is -2.54. The molecule has 7 heteroatoms. The highest BCUT2D eigenvalue weighted by molar-refractivity contribution is 7.76. The van der Waals surface area contributed by atoms with Crippen LogP contribution in [0.4, 0.5) is 0 Å². The Balaban J connectivity index is 4.46. The maximum absolute atomic E-state index is 12.3. The van der Waals surface area contributed by atoms with E-state index in [4.69, 9.17) is 0 Å². The summed E-state index contributed by atoms with van der Waals surface area (Å²) < 4.78 is 12.3. The molecule has 0 aromatic heterocycles. The van der Waals surface area contributed by atoms with Gasteiger partial charge in [0, 0.05) is 6.16 Å². The summed E-state index contributed by atoms with van der Waals surface area (Å²) in [5.41, 5.74) is 3.76. The van der Waals surface area contributed by atoms with Gasteiger partial charge >= 0.3 is 0 Å². The average Bonchev–Trinajstić information content (AvgIpc) is 2.45. The molecule has 26 heavy (non-hydrogen) atoms. The fourth-order valence-corrected chi connectivity index (χ4v) is 5.15. The zero-order valence-corrected chi connectivity index (χ0v) is 18.7.